The van der Waals surface area contributed by atoms with Crippen LogP contribution in [0.4, 0.5) is 0 Å². The third-order valence-corrected chi connectivity index (χ3v) is 4.10. The molecule has 21 heavy (non-hydrogen) atoms. The lowest BCUT2D eigenvalue weighted by atomic mass is 10.0. The van der Waals surface area contributed by atoms with Crippen LogP contribution >= 0.6 is 0 Å². The Morgan fingerprint density at radius 3 is 2.48 bits per heavy atom. The SMILES string of the molecule is CCNC(CC)c1ccccc1OC1CC(C)OC(C)C1. The average Bonchev–Trinajstić information content (AvgIpc) is 2.44. The van der Waals surface area contributed by atoms with E-state index in [2.05, 4.69) is 57.3 Å². The monoisotopic (exact) mass is 291 g/mol. The highest BCUT2D eigenvalue weighted by Crippen LogP contribution is 2.31. The van der Waals surface area contributed by atoms with Crippen LogP contribution in [0.15, 0.2) is 24.3 Å². The molecule has 1 heterocycles. The molecule has 0 amide bonds. The van der Waals surface area contributed by atoms with E-state index in [1.54, 1.807) is 0 Å². The molecule has 0 saturated carbocycles. The molecule has 0 bridgehead atoms. The predicted octanol–water partition coefficient (Wildman–Crippen LogP) is 4.08. The number of para-hydroxylation sites is 1. The summed E-state index contributed by atoms with van der Waals surface area (Å²) in [6.45, 7) is 9.59. The van der Waals surface area contributed by atoms with E-state index >= 15 is 0 Å². The zero-order chi connectivity index (χ0) is 15.2. The maximum atomic E-state index is 6.34. The number of hydrogen-bond acceptors (Lipinski definition) is 3. The highest BCUT2D eigenvalue weighted by atomic mass is 16.5. The molecule has 3 nitrogen and oxygen atoms in total. The summed E-state index contributed by atoms with van der Waals surface area (Å²) in [5.74, 6) is 1.02. The van der Waals surface area contributed by atoms with Crippen molar-refractivity contribution < 1.29 is 9.47 Å². The molecule has 1 aliphatic rings. The Morgan fingerprint density at radius 1 is 1.19 bits per heavy atom. The fourth-order valence-electron chi connectivity index (χ4n) is 3.22. The molecular weight excluding hydrogens is 262 g/mol. The average molecular weight is 291 g/mol. The topological polar surface area (TPSA) is 30.5 Å². The van der Waals surface area contributed by atoms with Gasteiger partial charge in [-0.15, -0.1) is 0 Å². The van der Waals surface area contributed by atoms with Gasteiger partial charge in [0.25, 0.3) is 0 Å². The van der Waals surface area contributed by atoms with E-state index in [0.717, 1.165) is 31.6 Å². The Bertz CT molecular complexity index is 425. The van der Waals surface area contributed by atoms with Gasteiger partial charge in [0.05, 0.1) is 12.2 Å². The number of nitrogens with one attached hydrogen (secondary N) is 1. The van der Waals surface area contributed by atoms with Gasteiger partial charge in [-0.1, -0.05) is 32.0 Å². The van der Waals surface area contributed by atoms with Crippen LogP contribution in [0.1, 0.15) is 58.6 Å². The Morgan fingerprint density at radius 2 is 1.86 bits per heavy atom. The van der Waals surface area contributed by atoms with Gasteiger partial charge in [0.15, 0.2) is 0 Å². The first-order valence-electron chi connectivity index (χ1n) is 8.28. The van der Waals surface area contributed by atoms with Crippen LogP contribution < -0.4 is 10.1 Å². The molecule has 0 aromatic heterocycles. The van der Waals surface area contributed by atoms with Crippen molar-refractivity contribution >= 4 is 0 Å². The van der Waals surface area contributed by atoms with Gasteiger partial charge in [-0.25, -0.2) is 0 Å². The summed E-state index contributed by atoms with van der Waals surface area (Å²) in [6.07, 6.45) is 3.81. The van der Waals surface area contributed by atoms with E-state index in [4.69, 9.17) is 9.47 Å². The minimum atomic E-state index is 0.254. The minimum absolute atomic E-state index is 0.254. The van der Waals surface area contributed by atoms with Crippen LogP contribution in [-0.2, 0) is 4.74 Å². The number of hydrogen-bond donors (Lipinski definition) is 1. The zero-order valence-corrected chi connectivity index (χ0v) is 13.8. The molecule has 0 spiro atoms. The second-order valence-corrected chi connectivity index (χ2v) is 6.02. The fourth-order valence-corrected chi connectivity index (χ4v) is 3.22. The minimum Gasteiger partial charge on any atom is -0.490 e. The van der Waals surface area contributed by atoms with Crippen molar-refractivity contribution in [2.24, 2.45) is 0 Å². The van der Waals surface area contributed by atoms with E-state index in [-0.39, 0.29) is 18.3 Å². The van der Waals surface area contributed by atoms with Crippen LogP contribution in [-0.4, -0.2) is 24.9 Å². The first-order chi connectivity index (χ1) is 10.1. The van der Waals surface area contributed by atoms with Gasteiger partial charge in [0, 0.05) is 24.4 Å². The molecule has 2 rings (SSSR count). The van der Waals surface area contributed by atoms with E-state index in [0.29, 0.717) is 6.04 Å². The first kappa shape index (κ1) is 16.3. The van der Waals surface area contributed by atoms with Crippen molar-refractivity contribution in [3.8, 4) is 5.75 Å². The Kier molecular flexibility index (Phi) is 6.07. The lowest BCUT2D eigenvalue weighted by Gasteiger charge is -2.33. The Balaban J connectivity index is 2.12. The molecule has 1 aromatic rings. The van der Waals surface area contributed by atoms with Crippen LogP contribution in [0, 0.1) is 0 Å². The molecule has 1 fully saturated rings. The molecule has 3 atom stereocenters. The summed E-state index contributed by atoms with van der Waals surface area (Å²) in [6, 6.07) is 8.79. The fraction of sp³-hybridized carbons (Fsp3) is 0.667. The lowest BCUT2D eigenvalue weighted by Crippen LogP contribution is -2.36. The number of rotatable bonds is 6. The predicted molar refractivity (Wildman–Crippen MR) is 86.8 cm³/mol. The quantitative estimate of drug-likeness (QED) is 0.856. The Hall–Kier alpha value is -1.06. The molecule has 0 radical (unpaired) electrons. The van der Waals surface area contributed by atoms with Crippen LogP contribution in [0.5, 0.6) is 5.75 Å². The van der Waals surface area contributed by atoms with Crippen molar-refractivity contribution in [3.63, 3.8) is 0 Å². The molecule has 1 aliphatic heterocycles. The van der Waals surface area contributed by atoms with E-state index in [1.807, 2.05) is 0 Å². The molecular formula is C18H29NO2. The molecule has 3 unspecified atom stereocenters. The molecule has 3 heteroatoms. The van der Waals surface area contributed by atoms with Crippen molar-refractivity contribution in [1.82, 2.24) is 5.32 Å². The van der Waals surface area contributed by atoms with E-state index in [9.17, 15) is 0 Å². The molecule has 0 aliphatic carbocycles. The van der Waals surface area contributed by atoms with Crippen molar-refractivity contribution in [2.45, 2.75) is 71.3 Å². The summed E-state index contributed by atoms with van der Waals surface area (Å²) in [5.41, 5.74) is 1.27. The van der Waals surface area contributed by atoms with Gasteiger partial charge in [0.2, 0.25) is 0 Å². The lowest BCUT2D eigenvalue weighted by molar-refractivity contribution is -0.0723. The van der Waals surface area contributed by atoms with Gasteiger partial charge < -0.3 is 14.8 Å². The molecule has 1 aromatic carbocycles. The maximum Gasteiger partial charge on any atom is 0.124 e. The smallest absolute Gasteiger partial charge is 0.124 e. The summed E-state index contributed by atoms with van der Waals surface area (Å²) in [7, 11) is 0. The molecule has 118 valence electrons. The van der Waals surface area contributed by atoms with Crippen LogP contribution in [0.3, 0.4) is 0 Å². The third-order valence-electron chi connectivity index (χ3n) is 4.10. The number of benzene rings is 1. The van der Waals surface area contributed by atoms with E-state index in [1.165, 1.54) is 5.56 Å². The van der Waals surface area contributed by atoms with Crippen LogP contribution in [0.25, 0.3) is 0 Å². The summed E-state index contributed by atoms with van der Waals surface area (Å²) < 4.78 is 12.1. The zero-order valence-electron chi connectivity index (χ0n) is 13.8. The van der Waals surface area contributed by atoms with Gasteiger partial charge in [0.1, 0.15) is 11.9 Å². The summed E-state index contributed by atoms with van der Waals surface area (Å²) >= 11 is 0. The summed E-state index contributed by atoms with van der Waals surface area (Å²) in [4.78, 5) is 0. The molecule has 1 saturated heterocycles. The third kappa shape index (κ3) is 4.45. The molecule has 1 N–H and O–H groups in total. The summed E-state index contributed by atoms with van der Waals surface area (Å²) in [5, 5.41) is 3.54. The number of ether oxygens (including phenoxy) is 2. The highest BCUT2D eigenvalue weighted by molar-refractivity contribution is 5.36. The van der Waals surface area contributed by atoms with Crippen molar-refractivity contribution in [3.05, 3.63) is 29.8 Å². The largest absolute Gasteiger partial charge is 0.490 e. The second-order valence-electron chi connectivity index (χ2n) is 6.02. The maximum absolute atomic E-state index is 6.34. The van der Waals surface area contributed by atoms with Gasteiger partial charge in [-0.3, -0.25) is 0 Å². The van der Waals surface area contributed by atoms with Gasteiger partial charge in [-0.05, 0) is 32.9 Å². The van der Waals surface area contributed by atoms with Gasteiger partial charge in [-0.2, -0.15) is 0 Å². The van der Waals surface area contributed by atoms with E-state index < -0.39 is 0 Å². The van der Waals surface area contributed by atoms with Crippen LogP contribution in [0.2, 0.25) is 0 Å². The van der Waals surface area contributed by atoms with Gasteiger partial charge >= 0.3 is 0 Å². The standard InChI is InChI=1S/C18H29NO2/c1-5-17(19-6-2)16-9-7-8-10-18(16)21-15-11-13(3)20-14(4)12-15/h7-10,13-15,17,19H,5-6,11-12H2,1-4H3. The van der Waals surface area contributed by atoms with Crippen molar-refractivity contribution in [2.75, 3.05) is 6.54 Å². The first-order valence-corrected chi connectivity index (χ1v) is 8.28. The second kappa shape index (κ2) is 7.81. The highest BCUT2D eigenvalue weighted by Gasteiger charge is 2.26. The Labute approximate surface area is 129 Å². The van der Waals surface area contributed by atoms with Crippen molar-refractivity contribution in [1.29, 1.82) is 0 Å². The normalized spacial score (nSPS) is 27.3.